The third-order valence-corrected chi connectivity index (χ3v) is 6.68. The van der Waals surface area contributed by atoms with E-state index in [2.05, 4.69) is 0 Å². The molecule has 1 aromatic rings. The van der Waals surface area contributed by atoms with Gasteiger partial charge >= 0.3 is 0 Å². The van der Waals surface area contributed by atoms with Crippen molar-refractivity contribution in [1.82, 2.24) is 0 Å². The van der Waals surface area contributed by atoms with Crippen molar-refractivity contribution < 1.29 is 19.6 Å². The summed E-state index contributed by atoms with van der Waals surface area (Å²) in [4.78, 5) is 37.6. The standard InChI is InChI=1S/C9H14NO5PS/c1-7-3-4-9(10(11)12)8(5-7)6-17(2)16(13,14)15/h3-5,13-15H,6H2,1-2H3. The molecule has 1 aromatic carbocycles. The quantitative estimate of drug-likeness (QED) is 0.439. The lowest BCUT2D eigenvalue weighted by Gasteiger charge is -2.11. The highest BCUT2D eigenvalue weighted by Gasteiger charge is 2.16. The molecule has 8 heteroatoms. The number of hydrogen-bond donors (Lipinski definition) is 3. The molecular formula is C9H14NO5PS. The summed E-state index contributed by atoms with van der Waals surface area (Å²) in [6, 6.07) is 4.63. The number of nitro benzene ring substituents is 1. The summed E-state index contributed by atoms with van der Waals surface area (Å²) in [5.74, 6) is 0.0786. The molecule has 0 aliphatic heterocycles. The van der Waals surface area contributed by atoms with Crippen LogP contribution < -0.4 is 0 Å². The molecule has 1 rings (SSSR count). The SMILES string of the molecule is Cc1ccc([N+](=O)[O-])c(CS(C)=P(O)(O)O)c1. The summed E-state index contributed by atoms with van der Waals surface area (Å²) in [6.07, 6.45) is 1.47. The van der Waals surface area contributed by atoms with Crippen molar-refractivity contribution in [1.29, 1.82) is 0 Å². The van der Waals surface area contributed by atoms with E-state index in [0.29, 0.717) is 5.56 Å². The molecule has 0 radical (unpaired) electrons. The lowest BCUT2D eigenvalue weighted by atomic mass is 10.1. The van der Waals surface area contributed by atoms with Gasteiger partial charge < -0.3 is 14.7 Å². The minimum absolute atomic E-state index is 0.0663. The largest absolute Gasteiger partial charge is 0.329 e. The first-order valence-electron chi connectivity index (χ1n) is 4.66. The van der Waals surface area contributed by atoms with E-state index in [-0.39, 0.29) is 11.4 Å². The number of rotatable bonds is 3. The predicted molar refractivity (Wildman–Crippen MR) is 68.4 cm³/mol. The molecule has 0 saturated carbocycles. The van der Waals surface area contributed by atoms with E-state index in [1.807, 2.05) is 0 Å². The Morgan fingerprint density at radius 1 is 1.41 bits per heavy atom. The van der Waals surface area contributed by atoms with E-state index >= 15 is 0 Å². The molecule has 0 saturated heterocycles. The van der Waals surface area contributed by atoms with Crippen LogP contribution in [0.5, 0.6) is 0 Å². The van der Waals surface area contributed by atoms with Crippen molar-refractivity contribution in [3.63, 3.8) is 0 Å². The molecule has 0 fully saturated rings. The maximum absolute atomic E-state index is 10.8. The lowest BCUT2D eigenvalue weighted by Crippen LogP contribution is -2.01. The average molecular weight is 279 g/mol. The molecule has 1 atom stereocenters. The fourth-order valence-electron chi connectivity index (χ4n) is 1.32. The second-order valence-electron chi connectivity index (χ2n) is 3.65. The summed E-state index contributed by atoms with van der Waals surface area (Å²) in [7, 11) is -1.10. The Kier molecular flexibility index (Phi) is 4.46. The first kappa shape index (κ1) is 14.3. The van der Waals surface area contributed by atoms with Crippen LogP contribution in [0.2, 0.25) is 0 Å². The van der Waals surface area contributed by atoms with Crippen LogP contribution in [0.25, 0.3) is 0 Å². The van der Waals surface area contributed by atoms with Gasteiger partial charge in [-0.2, -0.15) is 0 Å². The number of nitro groups is 1. The van der Waals surface area contributed by atoms with Gasteiger partial charge in [0.25, 0.3) is 12.4 Å². The van der Waals surface area contributed by atoms with Gasteiger partial charge in [-0.1, -0.05) is 11.6 Å². The Morgan fingerprint density at radius 3 is 2.47 bits per heavy atom. The van der Waals surface area contributed by atoms with Crippen molar-refractivity contribution in [2.45, 2.75) is 12.7 Å². The fourth-order valence-corrected chi connectivity index (χ4v) is 3.11. The molecule has 3 N–H and O–H groups in total. The third kappa shape index (κ3) is 3.90. The summed E-state index contributed by atoms with van der Waals surface area (Å²) < 4.78 is 0. The van der Waals surface area contributed by atoms with Crippen LogP contribution in [0.3, 0.4) is 0 Å². The molecule has 1 unspecified atom stereocenters. The molecule has 0 aliphatic rings. The molecule has 96 valence electrons. The number of aryl methyl sites for hydroxylation is 1. The minimum atomic E-state index is -3.93. The van der Waals surface area contributed by atoms with Gasteiger partial charge in [-0.3, -0.25) is 10.1 Å². The maximum atomic E-state index is 10.8. The Labute approximate surface area is 101 Å². The molecule has 0 aliphatic carbocycles. The van der Waals surface area contributed by atoms with Crippen LogP contribution in [0.15, 0.2) is 18.2 Å². The van der Waals surface area contributed by atoms with Crippen LogP contribution in [0.1, 0.15) is 11.1 Å². The van der Waals surface area contributed by atoms with Crippen LogP contribution in [-0.2, 0) is 15.8 Å². The first-order chi connectivity index (χ1) is 7.71. The third-order valence-electron chi connectivity index (χ3n) is 2.21. The molecule has 0 bridgehead atoms. The molecule has 17 heavy (non-hydrogen) atoms. The van der Waals surface area contributed by atoms with E-state index in [1.54, 1.807) is 19.1 Å². The predicted octanol–water partition coefficient (Wildman–Crippen LogP) is 1.31. The van der Waals surface area contributed by atoms with Gasteiger partial charge in [-0.15, -0.1) is 10.1 Å². The molecule has 0 aromatic heterocycles. The van der Waals surface area contributed by atoms with Crippen molar-refractivity contribution in [3.8, 4) is 0 Å². The van der Waals surface area contributed by atoms with E-state index in [4.69, 9.17) is 14.7 Å². The second-order valence-corrected chi connectivity index (χ2v) is 9.50. The smallest absolute Gasteiger partial charge is 0.277 e. The van der Waals surface area contributed by atoms with Gasteiger partial charge in [0.05, 0.1) is 4.92 Å². The van der Waals surface area contributed by atoms with Gasteiger partial charge in [-0.05, 0) is 19.2 Å². The van der Waals surface area contributed by atoms with Gasteiger partial charge in [0.2, 0.25) is 0 Å². The molecule has 0 heterocycles. The summed E-state index contributed by atoms with van der Waals surface area (Å²) in [6.45, 7) is -2.14. The molecular weight excluding hydrogens is 265 g/mol. The zero-order valence-electron chi connectivity index (χ0n) is 9.40. The Morgan fingerprint density at radius 2 is 2.00 bits per heavy atom. The van der Waals surface area contributed by atoms with Gasteiger partial charge in [0.1, 0.15) is 0 Å². The van der Waals surface area contributed by atoms with Crippen LogP contribution in [0, 0.1) is 17.0 Å². The number of benzene rings is 1. The minimum Gasteiger partial charge on any atom is -0.329 e. The average Bonchev–Trinajstić information content (AvgIpc) is 2.15. The van der Waals surface area contributed by atoms with E-state index in [1.165, 1.54) is 12.3 Å². The molecule has 0 amide bonds. The number of hydrogen-bond acceptors (Lipinski definition) is 2. The summed E-state index contributed by atoms with van der Waals surface area (Å²) >= 11 is 0. The van der Waals surface area contributed by atoms with E-state index < -0.39 is 21.7 Å². The highest BCUT2D eigenvalue weighted by molar-refractivity contribution is 8.26. The van der Waals surface area contributed by atoms with E-state index in [9.17, 15) is 10.1 Å². The van der Waals surface area contributed by atoms with Crippen LogP contribution >= 0.6 is 6.72 Å². The van der Waals surface area contributed by atoms with Gasteiger partial charge in [-0.25, -0.2) is 0 Å². The van der Waals surface area contributed by atoms with Gasteiger partial charge in [0.15, 0.2) is 0 Å². The van der Waals surface area contributed by atoms with Crippen molar-refractivity contribution in [2.24, 2.45) is 0 Å². The monoisotopic (exact) mass is 279 g/mol. The summed E-state index contributed by atoms with van der Waals surface area (Å²) in [5.41, 5.74) is 1.19. The highest BCUT2D eigenvalue weighted by atomic mass is 32.5. The topological polar surface area (TPSA) is 104 Å². The first-order valence-corrected chi connectivity index (χ1v) is 8.71. The second kappa shape index (κ2) is 5.29. The highest BCUT2D eigenvalue weighted by Crippen LogP contribution is 2.37. The van der Waals surface area contributed by atoms with Gasteiger partial charge in [0, 0.05) is 17.4 Å². The van der Waals surface area contributed by atoms with Crippen molar-refractivity contribution in [2.75, 3.05) is 6.26 Å². The zero-order chi connectivity index (χ0) is 13.2. The maximum Gasteiger partial charge on any atom is 0.277 e. The molecule has 6 nitrogen and oxygen atoms in total. The van der Waals surface area contributed by atoms with Crippen LogP contribution in [-0.4, -0.2) is 25.9 Å². The zero-order valence-corrected chi connectivity index (χ0v) is 11.1. The Hall–Kier alpha value is -0.720. The Balaban J connectivity index is 3.23. The number of nitrogens with zero attached hydrogens (tertiary/aromatic N) is 1. The summed E-state index contributed by atoms with van der Waals surface area (Å²) in [5, 5.41) is 10.8. The Bertz CT molecular complexity index is 502. The fraction of sp³-hybridized carbons (Fsp3) is 0.333. The van der Waals surface area contributed by atoms with Crippen molar-refractivity contribution in [3.05, 3.63) is 39.4 Å². The lowest BCUT2D eigenvalue weighted by molar-refractivity contribution is -0.385. The van der Waals surface area contributed by atoms with Crippen LogP contribution in [0.4, 0.5) is 5.69 Å². The van der Waals surface area contributed by atoms with Crippen molar-refractivity contribution >= 4 is 22.5 Å². The van der Waals surface area contributed by atoms with E-state index in [0.717, 1.165) is 5.56 Å². The molecule has 0 spiro atoms. The normalized spacial score (nSPS) is 13.5.